The van der Waals surface area contributed by atoms with Crippen LogP contribution in [0.1, 0.15) is 38.1 Å². The van der Waals surface area contributed by atoms with Crippen molar-refractivity contribution in [3.8, 4) is 5.75 Å². The largest absolute Gasteiger partial charge is 0.497 e. The molecule has 0 aliphatic rings. The van der Waals surface area contributed by atoms with E-state index in [-0.39, 0.29) is 6.04 Å². The highest BCUT2D eigenvalue weighted by molar-refractivity contribution is 5.29. The molecule has 1 unspecified atom stereocenters. The standard InChI is InChI=1S/C17H25N3O/c1-13(2)9-18-10-16-11-19-12-20(16)14(3)15-5-7-17(21-4)8-6-15/h5-8,11-14,18H,9-10H2,1-4H3. The third-order valence-electron chi connectivity index (χ3n) is 3.62. The van der Waals surface area contributed by atoms with Gasteiger partial charge in [-0.3, -0.25) is 0 Å². The maximum Gasteiger partial charge on any atom is 0.118 e. The molecule has 114 valence electrons. The summed E-state index contributed by atoms with van der Waals surface area (Å²) >= 11 is 0. The van der Waals surface area contributed by atoms with E-state index < -0.39 is 0 Å². The number of hydrogen-bond donors (Lipinski definition) is 1. The monoisotopic (exact) mass is 287 g/mol. The lowest BCUT2D eigenvalue weighted by molar-refractivity contribution is 0.414. The number of imidazole rings is 1. The SMILES string of the molecule is COc1ccc(C(C)n2cncc2CNCC(C)C)cc1. The zero-order valence-corrected chi connectivity index (χ0v) is 13.3. The predicted molar refractivity (Wildman–Crippen MR) is 85.6 cm³/mol. The van der Waals surface area contributed by atoms with Gasteiger partial charge in [0.05, 0.1) is 25.2 Å². The van der Waals surface area contributed by atoms with Crippen molar-refractivity contribution in [2.24, 2.45) is 5.92 Å². The zero-order valence-electron chi connectivity index (χ0n) is 13.3. The molecule has 2 aromatic rings. The van der Waals surface area contributed by atoms with Crippen LogP contribution in [0.5, 0.6) is 5.75 Å². The van der Waals surface area contributed by atoms with Gasteiger partial charge in [-0.05, 0) is 37.1 Å². The van der Waals surface area contributed by atoms with E-state index in [1.807, 2.05) is 24.7 Å². The maximum atomic E-state index is 5.21. The lowest BCUT2D eigenvalue weighted by atomic mass is 10.1. The molecule has 21 heavy (non-hydrogen) atoms. The minimum absolute atomic E-state index is 0.259. The fraction of sp³-hybridized carbons (Fsp3) is 0.471. The van der Waals surface area contributed by atoms with Gasteiger partial charge in [0.1, 0.15) is 5.75 Å². The Morgan fingerprint density at radius 1 is 1.19 bits per heavy atom. The molecule has 1 aromatic heterocycles. The van der Waals surface area contributed by atoms with Crippen molar-refractivity contribution in [3.63, 3.8) is 0 Å². The van der Waals surface area contributed by atoms with Crippen molar-refractivity contribution in [1.29, 1.82) is 0 Å². The molecule has 1 heterocycles. The highest BCUT2D eigenvalue weighted by Crippen LogP contribution is 2.22. The van der Waals surface area contributed by atoms with Gasteiger partial charge in [0.2, 0.25) is 0 Å². The van der Waals surface area contributed by atoms with Gasteiger partial charge >= 0.3 is 0 Å². The highest BCUT2D eigenvalue weighted by Gasteiger charge is 2.11. The maximum absolute atomic E-state index is 5.21. The van der Waals surface area contributed by atoms with Gasteiger partial charge in [-0.1, -0.05) is 26.0 Å². The molecule has 0 aliphatic carbocycles. The molecular formula is C17H25N3O. The minimum atomic E-state index is 0.259. The molecule has 4 heteroatoms. The Labute approximate surface area is 127 Å². The fourth-order valence-electron chi connectivity index (χ4n) is 2.35. The van der Waals surface area contributed by atoms with Crippen LogP contribution in [0.2, 0.25) is 0 Å². The summed E-state index contributed by atoms with van der Waals surface area (Å²) in [7, 11) is 1.69. The highest BCUT2D eigenvalue weighted by atomic mass is 16.5. The van der Waals surface area contributed by atoms with E-state index in [1.165, 1.54) is 11.3 Å². The van der Waals surface area contributed by atoms with Crippen LogP contribution in [-0.4, -0.2) is 23.2 Å². The van der Waals surface area contributed by atoms with E-state index in [4.69, 9.17) is 4.74 Å². The third-order valence-corrected chi connectivity index (χ3v) is 3.62. The first-order chi connectivity index (χ1) is 10.1. The van der Waals surface area contributed by atoms with Crippen LogP contribution < -0.4 is 10.1 Å². The predicted octanol–water partition coefficient (Wildman–Crippen LogP) is 3.25. The first-order valence-electron chi connectivity index (χ1n) is 7.47. The topological polar surface area (TPSA) is 39.1 Å². The Bertz CT molecular complexity index is 545. The molecule has 0 saturated carbocycles. The second-order valence-corrected chi connectivity index (χ2v) is 5.77. The summed E-state index contributed by atoms with van der Waals surface area (Å²) in [5.41, 5.74) is 2.46. The first-order valence-corrected chi connectivity index (χ1v) is 7.47. The summed E-state index contributed by atoms with van der Waals surface area (Å²) in [6, 6.07) is 8.47. The molecule has 0 fully saturated rings. The van der Waals surface area contributed by atoms with Gasteiger partial charge in [-0.15, -0.1) is 0 Å². The van der Waals surface area contributed by atoms with Gasteiger partial charge in [0.25, 0.3) is 0 Å². The molecule has 0 amide bonds. The smallest absolute Gasteiger partial charge is 0.118 e. The van der Waals surface area contributed by atoms with E-state index in [0.717, 1.165) is 18.8 Å². The lowest BCUT2D eigenvalue weighted by Gasteiger charge is -2.18. The van der Waals surface area contributed by atoms with Gasteiger partial charge in [0.15, 0.2) is 0 Å². The summed E-state index contributed by atoms with van der Waals surface area (Å²) in [6.07, 6.45) is 3.84. The Morgan fingerprint density at radius 2 is 1.90 bits per heavy atom. The van der Waals surface area contributed by atoms with Gasteiger partial charge in [0, 0.05) is 12.7 Å². The molecule has 1 N–H and O–H groups in total. The van der Waals surface area contributed by atoms with Gasteiger partial charge in [-0.25, -0.2) is 4.98 Å². The first kappa shape index (κ1) is 15.6. The van der Waals surface area contributed by atoms with Gasteiger partial charge < -0.3 is 14.6 Å². The average Bonchev–Trinajstić information content (AvgIpc) is 2.94. The van der Waals surface area contributed by atoms with Crippen molar-refractivity contribution in [2.75, 3.05) is 13.7 Å². The quantitative estimate of drug-likeness (QED) is 0.849. The number of benzene rings is 1. The molecule has 0 spiro atoms. The van der Waals surface area contributed by atoms with E-state index in [0.29, 0.717) is 5.92 Å². The van der Waals surface area contributed by atoms with E-state index >= 15 is 0 Å². The molecule has 0 bridgehead atoms. The number of nitrogens with zero attached hydrogens (tertiary/aromatic N) is 2. The van der Waals surface area contributed by atoms with Crippen molar-refractivity contribution in [2.45, 2.75) is 33.4 Å². The summed E-state index contributed by atoms with van der Waals surface area (Å²) in [6.45, 7) is 8.48. The molecule has 0 saturated heterocycles. The Kier molecular flexibility index (Phi) is 5.39. The summed E-state index contributed by atoms with van der Waals surface area (Å²) < 4.78 is 7.43. The Hall–Kier alpha value is -1.81. The zero-order chi connectivity index (χ0) is 15.2. The normalized spacial score (nSPS) is 12.6. The van der Waals surface area contributed by atoms with Crippen molar-refractivity contribution < 1.29 is 4.74 Å². The van der Waals surface area contributed by atoms with E-state index in [1.54, 1.807) is 7.11 Å². The molecule has 0 radical (unpaired) electrons. The number of methoxy groups -OCH3 is 1. The average molecular weight is 287 g/mol. The van der Waals surface area contributed by atoms with Crippen LogP contribution in [0.25, 0.3) is 0 Å². The molecular weight excluding hydrogens is 262 g/mol. The Balaban J connectivity index is 2.08. The molecule has 1 atom stereocenters. The third kappa shape index (κ3) is 4.08. The molecule has 0 aliphatic heterocycles. The summed E-state index contributed by atoms with van der Waals surface area (Å²) in [5.74, 6) is 1.54. The number of rotatable bonds is 7. The summed E-state index contributed by atoms with van der Waals surface area (Å²) in [4.78, 5) is 4.30. The lowest BCUT2D eigenvalue weighted by Crippen LogP contribution is -2.21. The second kappa shape index (κ2) is 7.27. The van der Waals surface area contributed by atoms with Gasteiger partial charge in [-0.2, -0.15) is 0 Å². The van der Waals surface area contributed by atoms with Crippen LogP contribution in [-0.2, 0) is 6.54 Å². The number of hydrogen-bond acceptors (Lipinski definition) is 3. The fourth-order valence-corrected chi connectivity index (χ4v) is 2.35. The van der Waals surface area contributed by atoms with E-state index in [9.17, 15) is 0 Å². The Morgan fingerprint density at radius 3 is 2.52 bits per heavy atom. The second-order valence-electron chi connectivity index (χ2n) is 5.77. The van der Waals surface area contributed by atoms with Crippen molar-refractivity contribution in [1.82, 2.24) is 14.9 Å². The van der Waals surface area contributed by atoms with Crippen LogP contribution >= 0.6 is 0 Å². The van der Waals surface area contributed by atoms with Crippen LogP contribution in [0, 0.1) is 5.92 Å². The molecule has 4 nitrogen and oxygen atoms in total. The van der Waals surface area contributed by atoms with Crippen LogP contribution in [0.4, 0.5) is 0 Å². The summed E-state index contributed by atoms with van der Waals surface area (Å²) in [5, 5.41) is 3.47. The number of nitrogens with one attached hydrogen (secondary N) is 1. The number of ether oxygens (including phenoxy) is 1. The van der Waals surface area contributed by atoms with Crippen molar-refractivity contribution >= 4 is 0 Å². The van der Waals surface area contributed by atoms with Crippen LogP contribution in [0.3, 0.4) is 0 Å². The van der Waals surface area contributed by atoms with Crippen LogP contribution in [0.15, 0.2) is 36.8 Å². The molecule has 2 rings (SSSR count). The molecule has 1 aromatic carbocycles. The minimum Gasteiger partial charge on any atom is -0.497 e. The van der Waals surface area contributed by atoms with E-state index in [2.05, 4.69) is 47.8 Å². The number of aromatic nitrogens is 2. The van der Waals surface area contributed by atoms with Crippen molar-refractivity contribution in [3.05, 3.63) is 48.0 Å².